The highest BCUT2D eigenvalue weighted by molar-refractivity contribution is 5.93. The largest absolute Gasteiger partial charge is 0.383 e. The van der Waals surface area contributed by atoms with Crippen molar-refractivity contribution in [1.82, 2.24) is 5.32 Å². The van der Waals surface area contributed by atoms with Gasteiger partial charge in [0.25, 0.3) is 0 Å². The fourth-order valence-electron chi connectivity index (χ4n) is 1.29. The van der Waals surface area contributed by atoms with Gasteiger partial charge in [0.15, 0.2) is 0 Å². The van der Waals surface area contributed by atoms with Crippen LogP contribution in [0.1, 0.15) is 5.56 Å². The van der Waals surface area contributed by atoms with Crippen molar-refractivity contribution in [3.05, 3.63) is 29.6 Å². The number of nitrogens with zero attached hydrogens (tertiary/aromatic N) is 1. The summed E-state index contributed by atoms with van der Waals surface area (Å²) in [6.45, 7) is 1.16. The first kappa shape index (κ1) is 14.1. The maximum atomic E-state index is 12.9. The van der Waals surface area contributed by atoms with Crippen molar-refractivity contribution >= 4 is 11.6 Å². The third-order valence-corrected chi connectivity index (χ3v) is 2.14. The van der Waals surface area contributed by atoms with Gasteiger partial charge in [-0.1, -0.05) is 0 Å². The summed E-state index contributed by atoms with van der Waals surface area (Å²) in [5.41, 5.74) is 0.401. The molecule has 1 aromatic rings. The summed E-state index contributed by atoms with van der Waals surface area (Å²) in [4.78, 5) is 11.5. The number of anilines is 1. The molecule has 0 aliphatic heterocycles. The predicted molar refractivity (Wildman–Crippen MR) is 64.5 cm³/mol. The number of hydrogen-bond donors (Lipinski definition) is 2. The molecular formula is C12H14FN3O2. The number of carbonyl (C=O) groups excluding carboxylic acids is 1. The second-order valence-electron chi connectivity index (χ2n) is 3.52. The minimum atomic E-state index is -0.511. The summed E-state index contributed by atoms with van der Waals surface area (Å²) in [5.74, 6) is -0.808. The van der Waals surface area contributed by atoms with Crippen LogP contribution in [0.5, 0.6) is 0 Å². The molecule has 0 fully saturated rings. The third-order valence-electron chi connectivity index (χ3n) is 2.14. The molecule has 0 unspecified atom stereocenters. The van der Waals surface area contributed by atoms with E-state index in [1.165, 1.54) is 12.1 Å². The summed E-state index contributed by atoms with van der Waals surface area (Å²) in [6, 6.07) is 5.45. The van der Waals surface area contributed by atoms with Crippen molar-refractivity contribution in [1.29, 1.82) is 5.26 Å². The lowest BCUT2D eigenvalue weighted by Crippen LogP contribution is -2.30. The Hall–Kier alpha value is -1.97. The number of methoxy groups -OCH3 is 1. The fraction of sp³-hybridized carbons (Fsp3) is 0.333. The van der Waals surface area contributed by atoms with Crippen molar-refractivity contribution < 1.29 is 13.9 Å². The maximum absolute atomic E-state index is 12.9. The van der Waals surface area contributed by atoms with E-state index in [1.54, 1.807) is 7.11 Å². The molecule has 96 valence electrons. The highest BCUT2D eigenvalue weighted by Crippen LogP contribution is 2.15. The van der Waals surface area contributed by atoms with E-state index in [9.17, 15) is 9.18 Å². The lowest BCUT2D eigenvalue weighted by atomic mass is 10.2. The molecule has 0 saturated heterocycles. The zero-order valence-corrected chi connectivity index (χ0v) is 10.00. The number of ether oxygens (including phenoxy) is 1. The molecule has 0 radical (unpaired) electrons. The van der Waals surface area contributed by atoms with E-state index in [1.807, 2.05) is 6.07 Å². The highest BCUT2D eigenvalue weighted by Gasteiger charge is 2.07. The van der Waals surface area contributed by atoms with E-state index in [0.717, 1.165) is 6.07 Å². The molecule has 2 N–H and O–H groups in total. The normalized spacial score (nSPS) is 9.83. The number of halogens is 1. The van der Waals surface area contributed by atoms with Crippen LogP contribution in [0, 0.1) is 17.1 Å². The summed E-state index contributed by atoms with van der Waals surface area (Å²) < 4.78 is 17.7. The number of nitriles is 1. The van der Waals surface area contributed by atoms with Crippen LogP contribution in [-0.4, -0.2) is 32.7 Å². The average molecular weight is 251 g/mol. The van der Waals surface area contributed by atoms with E-state index < -0.39 is 5.82 Å². The van der Waals surface area contributed by atoms with Gasteiger partial charge in [-0.3, -0.25) is 4.79 Å². The minimum Gasteiger partial charge on any atom is -0.383 e. The Kier molecular flexibility index (Phi) is 5.77. The second-order valence-corrected chi connectivity index (χ2v) is 3.52. The molecule has 1 amide bonds. The summed E-state index contributed by atoms with van der Waals surface area (Å²) in [5, 5.41) is 14.2. The van der Waals surface area contributed by atoms with Gasteiger partial charge in [0.2, 0.25) is 5.91 Å². The number of nitrogens with one attached hydrogen (secondary N) is 2. The molecule has 0 aliphatic rings. The Morgan fingerprint density at radius 1 is 1.56 bits per heavy atom. The molecule has 0 heterocycles. The number of hydrogen-bond acceptors (Lipinski definition) is 4. The summed E-state index contributed by atoms with van der Waals surface area (Å²) in [6.07, 6.45) is 0. The van der Waals surface area contributed by atoms with Crippen molar-refractivity contribution in [2.24, 2.45) is 0 Å². The van der Waals surface area contributed by atoms with E-state index in [2.05, 4.69) is 10.6 Å². The van der Waals surface area contributed by atoms with Crippen molar-refractivity contribution in [2.45, 2.75) is 0 Å². The zero-order valence-electron chi connectivity index (χ0n) is 10.00. The van der Waals surface area contributed by atoms with Gasteiger partial charge in [0.1, 0.15) is 11.9 Å². The molecule has 0 bridgehead atoms. The minimum absolute atomic E-state index is 0.0974. The highest BCUT2D eigenvalue weighted by atomic mass is 19.1. The molecule has 0 saturated carbocycles. The van der Waals surface area contributed by atoms with Crippen LogP contribution in [0.4, 0.5) is 10.1 Å². The van der Waals surface area contributed by atoms with Gasteiger partial charge < -0.3 is 15.4 Å². The first-order valence-corrected chi connectivity index (χ1v) is 5.36. The van der Waals surface area contributed by atoms with E-state index >= 15 is 0 Å². The van der Waals surface area contributed by atoms with E-state index in [0.29, 0.717) is 18.8 Å². The molecule has 6 heteroatoms. The molecule has 5 nitrogen and oxygen atoms in total. The quantitative estimate of drug-likeness (QED) is 0.736. The van der Waals surface area contributed by atoms with Crippen LogP contribution < -0.4 is 10.6 Å². The molecule has 0 aliphatic carbocycles. The number of benzene rings is 1. The Labute approximate surface area is 105 Å². The Morgan fingerprint density at radius 3 is 3.00 bits per heavy atom. The molecule has 18 heavy (non-hydrogen) atoms. The Morgan fingerprint density at radius 2 is 2.33 bits per heavy atom. The molecule has 0 aromatic heterocycles. The first-order valence-electron chi connectivity index (χ1n) is 5.36. The predicted octanol–water partition coefficient (Wildman–Crippen LogP) is 0.872. The zero-order chi connectivity index (χ0) is 13.4. The Bertz CT molecular complexity index is 457. The molecule has 0 atom stereocenters. The van der Waals surface area contributed by atoms with Crippen LogP contribution in [0.15, 0.2) is 18.2 Å². The van der Waals surface area contributed by atoms with Crippen LogP contribution in [0.2, 0.25) is 0 Å². The van der Waals surface area contributed by atoms with Crippen LogP contribution in [0.25, 0.3) is 0 Å². The van der Waals surface area contributed by atoms with Crippen LogP contribution in [-0.2, 0) is 9.53 Å². The number of amides is 1. The fourth-order valence-corrected chi connectivity index (χ4v) is 1.29. The summed E-state index contributed by atoms with van der Waals surface area (Å²) >= 11 is 0. The van der Waals surface area contributed by atoms with Gasteiger partial charge in [-0.2, -0.15) is 5.26 Å². The topological polar surface area (TPSA) is 74.2 Å². The smallest absolute Gasteiger partial charge is 0.238 e. The SMILES string of the molecule is COCCNCC(=O)Nc1ccc(F)cc1C#N. The van der Waals surface area contributed by atoms with Crippen LogP contribution in [0.3, 0.4) is 0 Å². The first-order chi connectivity index (χ1) is 8.67. The van der Waals surface area contributed by atoms with Gasteiger partial charge in [-0.15, -0.1) is 0 Å². The van der Waals surface area contributed by atoms with Crippen molar-refractivity contribution in [3.63, 3.8) is 0 Å². The van der Waals surface area contributed by atoms with Crippen molar-refractivity contribution in [3.8, 4) is 6.07 Å². The maximum Gasteiger partial charge on any atom is 0.238 e. The van der Waals surface area contributed by atoms with Crippen LogP contribution >= 0.6 is 0 Å². The molecule has 0 spiro atoms. The second kappa shape index (κ2) is 7.37. The lowest BCUT2D eigenvalue weighted by molar-refractivity contribution is -0.115. The Balaban J connectivity index is 2.52. The number of rotatable bonds is 6. The third kappa shape index (κ3) is 4.49. The van der Waals surface area contributed by atoms with Gasteiger partial charge in [-0.05, 0) is 18.2 Å². The van der Waals surface area contributed by atoms with Gasteiger partial charge in [-0.25, -0.2) is 4.39 Å². The molecule has 1 aromatic carbocycles. The van der Waals surface area contributed by atoms with Gasteiger partial charge in [0.05, 0.1) is 24.4 Å². The van der Waals surface area contributed by atoms with Gasteiger partial charge >= 0.3 is 0 Å². The molecule has 1 rings (SSSR count). The van der Waals surface area contributed by atoms with Gasteiger partial charge in [0, 0.05) is 13.7 Å². The standard InChI is InChI=1S/C12H14FN3O2/c1-18-5-4-15-8-12(17)16-11-3-2-10(13)6-9(11)7-14/h2-3,6,15H,4-5,8H2,1H3,(H,16,17). The summed E-state index contributed by atoms with van der Waals surface area (Å²) in [7, 11) is 1.57. The molecular weight excluding hydrogens is 237 g/mol. The monoisotopic (exact) mass is 251 g/mol. The number of carbonyl (C=O) groups is 1. The van der Waals surface area contributed by atoms with E-state index in [-0.39, 0.29) is 18.0 Å². The average Bonchev–Trinajstić information content (AvgIpc) is 2.37. The lowest BCUT2D eigenvalue weighted by Gasteiger charge is -2.07. The van der Waals surface area contributed by atoms with E-state index in [4.69, 9.17) is 10.00 Å². The van der Waals surface area contributed by atoms with Crippen molar-refractivity contribution in [2.75, 3.05) is 32.1 Å².